The van der Waals surface area contributed by atoms with Crippen LogP contribution < -0.4 is 5.32 Å². The molecule has 0 aromatic carbocycles. The average molecular weight is 332 g/mol. The predicted molar refractivity (Wildman–Crippen MR) is 80.4 cm³/mol. The van der Waals surface area contributed by atoms with Crippen LogP contribution >= 0.6 is 11.8 Å². The number of methoxy groups -OCH3 is 1. The van der Waals surface area contributed by atoms with Crippen molar-refractivity contribution in [3.8, 4) is 0 Å². The number of urea groups is 1. The molecule has 3 amide bonds. The summed E-state index contributed by atoms with van der Waals surface area (Å²) in [5.74, 6) is -0.149. The maximum atomic E-state index is 12.1. The molecule has 2 rings (SSSR count). The quantitative estimate of drug-likeness (QED) is 0.529. The molecule has 0 aromatic rings. The van der Waals surface area contributed by atoms with Crippen LogP contribution in [0.25, 0.3) is 0 Å². The molecular formula is C12H20N4O5S. The Balaban J connectivity index is 2.17. The summed E-state index contributed by atoms with van der Waals surface area (Å²) in [6.07, 6.45) is -1.46. The molecule has 124 valence electrons. The van der Waals surface area contributed by atoms with Gasteiger partial charge in [0.15, 0.2) is 17.4 Å². The molecule has 0 saturated carbocycles. The van der Waals surface area contributed by atoms with E-state index in [4.69, 9.17) is 9.84 Å². The standard InChI is InChI=1S/C12H20N4O5S/c1-15-9-8(10(19)14-11(15)20)16(3-4-21-2)12(13-9)22-6-7(18)5-17/h7-9,17-18H,3-6H2,1-2H3,(H,14,19,20). The molecule has 2 heterocycles. The van der Waals surface area contributed by atoms with E-state index >= 15 is 0 Å². The molecule has 1 saturated heterocycles. The summed E-state index contributed by atoms with van der Waals surface area (Å²) in [4.78, 5) is 31.4. The van der Waals surface area contributed by atoms with Crippen LogP contribution in [0, 0.1) is 0 Å². The van der Waals surface area contributed by atoms with E-state index in [1.54, 1.807) is 19.1 Å². The van der Waals surface area contributed by atoms with Gasteiger partial charge in [0.05, 0.1) is 19.3 Å². The zero-order chi connectivity index (χ0) is 16.3. The molecule has 0 bridgehead atoms. The van der Waals surface area contributed by atoms with E-state index in [1.165, 1.54) is 16.7 Å². The number of nitrogens with one attached hydrogen (secondary N) is 1. The topological polar surface area (TPSA) is 115 Å². The molecule has 3 atom stereocenters. The van der Waals surface area contributed by atoms with Crippen LogP contribution in [-0.4, -0.2) is 95.1 Å². The Hall–Kier alpha value is -1.36. The van der Waals surface area contributed by atoms with Crippen LogP contribution in [0.15, 0.2) is 4.99 Å². The first-order valence-corrected chi connectivity index (χ1v) is 7.81. The Morgan fingerprint density at radius 2 is 2.23 bits per heavy atom. The summed E-state index contributed by atoms with van der Waals surface area (Å²) in [7, 11) is 3.14. The molecule has 9 nitrogen and oxygen atoms in total. The van der Waals surface area contributed by atoms with Crippen molar-refractivity contribution in [1.29, 1.82) is 0 Å². The van der Waals surface area contributed by atoms with Crippen molar-refractivity contribution in [2.75, 3.05) is 39.7 Å². The van der Waals surface area contributed by atoms with Crippen molar-refractivity contribution in [3.63, 3.8) is 0 Å². The molecule has 0 radical (unpaired) electrons. The van der Waals surface area contributed by atoms with E-state index in [2.05, 4.69) is 10.3 Å². The number of likely N-dealkylation sites (N-methyl/N-ethyl adjacent to an activating group) is 1. The first kappa shape index (κ1) is 17.0. The van der Waals surface area contributed by atoms with E-state index in [0.717, 1.165) is 0 Å². The molecule has 0 aromatic heterocycles. The van der Waals surface area contributed by atoms with Crippen LogP contribution in [0.5, 0.6) is 0 Å². The number of hydrogen-bond donors (Lipinski definition) is 3. The minimum atomic E-state index is -0.868. The number of amidine groups is 1. The Morgan fingerprint density at radius 1 is 1.50 bits per heavy atom. The molecule has 0 spiro atoms. The summed E-state index contributed by atoms with van der Waals surface area (Å²) in [5.41, 5.74) is 0. The number of aliphatic hydroxyl groups is 2. The Bertz CT molecular complexity index is 474. The van der Waals surface area contributed by atoms with Gasteiger partial charge >= 0.3 is 6.03 Å². The van der Waals surface area contributed by atoms with Gasteiger partial charge in [0, 0.05) is 26.5 Å². The Labute approximate surface area is 132 Å². The highest BCUT2D eigenvalue weighted by Crippen LogP contribution is 2.28. The lowest BCUT2D eigenvalue weighted by atomic mass is 10.1. The number of nitrogens with zero attached hydrogens (tertiary/aromatic N) is 3. The monoisotopic (exact) mass is 332 g/mol. The molecule has 2 aliphatic heterocycles. The van der Waals surface area contributed by atoms with E-state index in [-0.39, 0.29) is 12.4 Å². The number of rotatable bonds is 6. The van der Waals surface area contributed by atoms with Crippen LogP contribution in [0.2, 0.25) is 0 Å². The van der Waals surface area contributed by atoms with Crippen LogP contribution in [0.4, 0.5) is 4.79 Å². The maximum Gasteiger partial charge on any atom is 0.325 e. The van der Waals surface area contributed by atoms with Gasteiger partial charge in [-0.3, -0.25) is 10.1 Å². The third-order valence-electron chi connectivity index (χ3n) is 3.47. The molecular weight excluding hydrogens is 312 g/mol. The number of aliphatic imine (C=N–C) groups is 1. The number of hydrogen-bond acceptors (Lipinski definition) is 8. The first-order valence-electron chi connectivity index (χ1n) is 6.82. The van der Waals surface area contributed by atoms with Gasteiger partial charge in [0.25, 0.3) is 5.91 Å². The largest absolute Gasteiger partial charge is 0.394 e. The minimum absolute atomic E-state index is 0.248. The number of carbonyl (C=O) groups is 2. The van der Waals surface area contributed by atoms with Crippen molar-refractivity contribution in [2.24, 2.45) is 4.99 Å². The summed E-state index contributed by atoms with van der Waals surface area (Å²) >= 11 is 1.24. The average Bonchev–Trinajstić information content (AvgIpc) is 2.87. The SMILES string of the molecule is COCCN1C(SCC(O)CO)=NC2C1C(=O)NC(=O)N2C. The number of carbonyl (C=O) groups excluding carboxylic acids is 2. The fourth-order valence-electron chi connectivity index (χ4n) is 2.27. The summed E-state index contributed by atoms with van der Waals surface area (Å²) in [6.45, 7) is 0.495. The molecule has 3 N–H and O–H groups in total. The molecule has 22 heavy (non-hydrogen) atoms. The fraction of sp³-hybridized carbons (Fsp3) is 0.750. The van der Waals surface area contributed by atoms with Gasteiger partial charge in [-0.2, -0.15) is 0 Å². The molecule has 1 fully saturated rings. The second kappa shape index (κ2) is 7.27. The maximum absolute atomic E-state index is 12.1. The summed E-state index contributed by atoms with van der Waals surface area (Å²) in [5, 5.41) is 21.2. The van der Waals surface area contributed by atoms with Gasteiger partial charge < -0.3 is 24.7 Å². The van der Waals surface area contributed by atoms with E-state index in [9.17, 15) is 14.7 Å². The highest BCUT2D eigenvalue weighted by atomic mass is 32.2. The third kappa shape index (κ3) is 3.35. The van der Waals surface area contributed by atoms with Gasteiger partial charge in [0.1, 0.15) is 0 Å². The lowest BCUT2D eigenvalue weighted by Gasteiger charge is -2.36. The Morgan fingerprint density at radius 3 is 2.86 bits per heavy atom. The lowest BCUT2D eigenvalue weighted by Crippen LogP contribution is -2.63. The van der Waals surface area contributed by atoms with Crippen molar-refractivity contribution < 1.29 is 24.5 Å². The van der Waals surface area contributed by atoms with E-state index in [1.807, 2.05) is 0 Å². The van der Waals surface area contributed by atoms with Crippen LogP contribution in [0.1, 0.15) is 0 Å². The lowest BCUT2D eigenvalue weighted by molar-refractivity contribution is -0.127. The van der Waals surface area contributed by atoms with Gasteiger partial charge in [-0.05, 0) is 0 Å². The number of amides is 3. The minimum Gasteiger partial charge on any atom is -0.394 e. The molecule has 2 aliphatic rings. The van der Waals surface area contributed by atoms with Crippen molar-refractivity contribution in [2.45, 2.75) is 18.3 Å². The third-order valence-corrected chi connectivity index (χ3v) is 4.62. The summed E-state index contributed by atoms with van der Waals surface area (Å²) < 4.78 is 5.05. The van der Waals surface area contributed by atoms with Gasteiger partial charge in [-0.25, -0.2) is 9.79 Å². The zero-order valence-electron chi connectivity index (χ0n) is 12.4. The predicted octanol–water partition coefficient (Wildman–Crippen LogP) is -1.73. The first-order chi connectivity index (χ1) is 10.5. The fourth-order valence-corrected chi connectivity index (χ4v) is 3.27. The second-order valence-corrected chi connectivity index (χ2v) is 6.00. The number of imide groups is 1. The van der Waals surface area contributed by atoms with Crippen LogP contribution in [-0.2, 0) is 9.53 Å². The Kier molecular flexibility index (Phi) is 5.62. The van der Waals surface area contributed by atoms with Gasteiger partial charge in [0.2, 0.25) is 0 Å². The normalized spacial score (nSPS) is 25.9. The second-order valence-electron chi connectivity index (χ2n) is 5.01. The summed E-state index contributed by atoms with van der Waals surface area (Å²) in [6, 6.07) is -1.09. The van der Waals surface area contributed by atoms with Crippen molar-refractivity contribution in [3.05, 3.63) is 0 Å². The van der Waals surface area contributed by atoms with Gasteiger partial charge in [-0.1, -0.05) is 11.8 Å². The number of fused-ring (bicyclic) bond motifs is 1. The van der Waals surface area contributed by atoms with Crippen LogP contribution in [0.3, 0.4) is 0 Å². The van der Waals surface area contributed by atoms with E-state index in [0.29, 0.717) is 18.3 Å². The molecule has 10 heteroatoms. The number of thioether (sulfide) groups is 1. The van der Waals surface area contributed by atoms with Crippen molar-refractivity contribution >= 4 is 28.9 Å². The molecule has 3 unspecified atom stereocenters. The van der Waals surface area contributed by atoms with E-state index < -0.39 is 30.2 Å². The van der Waals surface area contributed by atoms with Gasteiger partial charge in [-0.15, -0.1) is 0 Å². The number of ether oxygens (including phenoxy) is 1. The highest BCUT2D eigenvalue weighted by molar-refractivity contribution is 8.13. The molecule has 0 aliphatic carbocycles. The van der Waals surface area contributed by atoms with Crippen molar-refractivity contribution in [1.82, 2.24) is 15.1 Å². The highest BCUT2D eigenvalue weighted by Gasteiger charge is 2.48. The smallest absolute Gasteiger partial charge is 0.325 e. The zero-order valence-corrected chi connectivity index (χ0v) is 13.2. The number of aliphatic hydroxyl groups excluding tert-OH is 2.